The maximum Gasteiger partial charge on any atom is 0.244 e. The number of rotatable bonds is 7. The number of nitrogens with one attached hydrogen (secondary N) is 2. The molecule has 2 amide bonds. The van der Waals surface area contributed by atoms with Gasteiger partial charge in [0.2, 0.25) is 11.8 Å². The Bertz CT molecular complexity index is 566. The molecule has 0 radical (unpaired) electrons. The quantitative estimate of drug-likeness (QED) is 0.619. The second-order valence-electron chi connectivity index (χ2n) is 6.67. The Hall–Kier alpha value is -1.40. The van der Waals surface area contributed by atoms with Gasteiger partial charge in [0.05, 0.1) is 0 Å². The summed E-state index contributed by atoms with van der Waals surface area (Å²) in [6.45, 7) is 2.48. The summed E-state index contributed by atoms with van der Waals surface area (Å²) in [5, 5.41) is 5.66. The first-order chi connectivity index (χ1) is 11.4. The van der Waals surface area contributed by atoms with E-state index in [2.05, 4.69) is 26.6 Å². The van der Waals surface area contributed by atoms with Crippen molar-refractivity contribution >= 4 is 27.7 Å². The van der Waals surface area contributed by atoms with Crippen LogP contribution >= 0.6 is 15.9 Å². The first-order valence-electron chi connectivity index (χ1n) is 8.49. The minimum atomic E-state index is -1.10. The molecule has 2 rings (SSSR count). The minimum Gasteiger partial charge on any atom is -0.354 e. The number of carbonyl (C=O) groups excluding carboxylic acids is 2. The number of nitrogens with two attached hydrogens (primary N) is 1. The van der Waals surface area contributed by atoms with Gasteiger partial charge in [-0.1, -0.05) is 40.9 Å². The SMILES string of the molecule is CC(N)(C(=O)NCCNC(=O)CC1CCCC1)c1ccc(Br)cc1. The summed E-state index contributed by atoms with van der Waals surface area (Å²) in [5.74, 6) is 0.346. The molecule has 4 N–H and O–H groups in total. The van der Waals surface area contributed by atoms with Crippen molar-refractivity contribution in [2.24, 2.45) is 11.7 Å². The molecule has 0 heterocycles. The lowest BCUT2D eigenvalue weighted by atomic mass is 9.92. The zero-order chi connectivity index (χ0) is 17.6. The monoisotopic (exact) mass is 395 g/mol. The van der Waals surface area contributed by atoms with Crippen LogP contribution in [0, 0.1) is 5.92 Å². The van der Waals surface area contributed by atoms with E-state index in [9.17, 15) is 9.59 Å². The lowest BCUT2D eigenvalue weighted by Crippen LogP contribution is -2.50. The van der Waals surface area contributed by atoms with Crippen molar-refractivity contribution in [3.8, 4) is 0 Å². The van der Waals surface area contributed by atoms with Gasteiger partial charge >= 0.3 is 0 Å². The summed E-state index contributed by atoms with van der Waals surface area (Å²) in [6.07, 6.45) is 5.38. The molecular weight excluding hydrogens is 370 g/mol. The summed E-state index contributed by atoms with van der Waals surface area (Å²) in [6, 6.07) is 7.37. The Morgan fingerprint density at radius 3 is 2.38 bits per heavy atom. The lowest BCUT2D eigenvalue weighted by Gasteiger charge is -2.24. The van der Waals surface area contributed by atoms with Crippen LogP contribution < -0.4 is 16.4 Å². The van der Waals surface area contributed by atoms with Gasteiger partial charge in [-0.25, -0.2) is 0 Å². The highest BCUT2D eigenvalue weighted by Crippen LogP contribution is 2.27. The number of hydrogen-bond donors (Lipinski definition) is 3. The van der Waals surface area contributed by atoms with Gasteiger partial charge in [-0.3, -0.25) is 9.59 Å². The van der Waals surface area contributed by atoms with E-state index in [0.29, 0.717) is 25.4 Å². The molecule has 6 heteroatoms. The second kappa shape index (κ2) is 8.62. The molecule has 1 aromatic carbocycles. The number of benzene rings is 1. The van der Waals surface area contributed by atoms with E-state index in [1.165, 1.54) is 12.8 Å². The fourth-order valence-corrected chi connectivity index (χ4v) is 3.30. The average molecular weight is 396 g/mol. The highest BCUT2D eigenvalue weighted by molar-refractivity contribution is 9.10. The molecule has 1 fully saturated rings. The fourth-order valence-electron chi connectivity index (χ4n) is 3.04. The van der Waals surface area contributed by atoms with Crippen LogP contribution in [0.25, 0.3) is 0 Å². The van der Waals surface area contributed by atoms with Crippen molar-refractivity contribution in [3.63, 3.8) is 0 Å². The molecule has 0 bridgehead atoms. The van der Waals surface area contributed by atoms with Crippen LogP contribution in [0.2, 0.25) is 0 Å². The van der Waals surface area contributed by atoms with Gasteiger partial charge in [0.15, 0.2) is 0 Å². The Morgan fingerprint density at radius 1 is 1.17 bits per heavy atom. The topological polar surface area (TPSA) is 84.2 Å². The molecule has 0 spiro atoms. The van der Waals surface area contributed by atoms with Gasteiger partial charge in [0, 0.05) is 24.0 Å². The van der Waals surface area contributed by atoms with Gasteiger partial charge in [0.1, 0.15) is 5.54 Å². The van der Waals surface area contributed by atoms with Crippen molar-refractivity contribution in [2.45, 2.75) is 44.6 Å². The summed E-state index contributed by atoms with van der Waals surface area (Å²) in [4.78, 5) is 24.2. The van der Waals surface area contributed by atoms with E-state index in [4.69, 9.17) is 5.73 Å². The summed E-state index contributed by atoms with van der Waals surface area (Å²) < 4.78 is 0.937. The molecule has 132 valence electrons. The Kier molecular flexibility index (Phi) is 6.80. The van der Waals surface area contributed by atoms with Gasteiger partial charge in [0.25, 0.3) is 0 Å². The van der Waals surface area contributed by atoms with Crippen LogP contribution in [-0.4, -0.2) is 24.9 Å². The highest BCUT2D eigenvalue weighted by atomic mass is 79.9. The van der Waals surface area contributed by atoms with Gasteiger partial charge in [-0.05, 0) is 43.4 Å². The third kappa shape index (κ3) is 5.31. The maximum absolute atomic E-state index is 12.3. The van der Waals surface area contributed by atoms with E-state index < -0.39 is 5.54 Å². The first-order valence-corrected chi connectivity index (χ1v) is 9.29. The predicted molar refractivity (Wildman–Crippen MR) is 98.3 cm³/mol. The zero-order valence-corrected chi connectivity index (χ0v) is 15.7. The zero-order valence-electron chi connectivity index (χ0n) is 14.1. The third-order valence-corrected chi connectivity index (χ3v) is 5.13. The van der Waals surface area contributed by atoms with Crippen molar-refractivity contribution in [1.29, 1.82) is 0 Å². The van der Waals surface area contributed by atoms with E-state index in [0.717, 1.165) is 22.9 Å². The normalized spacial score (nSPS) is 17.3. The van der Waals surface area contributed by atoms with Crippen molar-refractivity contribution in [3.05, 3.63) is 34.3 Å². The molecule has 0 aromatic heterocycles. The Labute approximate surface area is 151 Å². The molecular formula is C18H26BrN3O2. The van der Waals surface area contributed by atoms with Crippen LogP contribution in [0.1, 0.15) is 44.6 Å². The van der Waals surface area contributed by atoms with E-state index in [1.807, 2.05) is 24.3 Å². The van der Waals surface area contributed by atoms with Crippen LogP contribution in [0.4, 0.5) is 0 Å². The van der Waals surface area contributed by atoms with Crippen LogP contribution in [0.5, 0.6) is 0 Å². The van der Waals surface area contributed by atoms with E-state index in [-0.39, 0.29) is 11.8 Å². The summed E-state index contributed by atoms with van der Waals surface area (Å²) in [5.41, 5.74) is 5.81. The Morgan fingerprint density at radius 2 is 1.75 bits per heavy atom. The number of amides is 2. The standard InChI is InChI=1S/C18H26BrN3O2/c1-18(20,14-6-8-15(19)9-7-14)17(24)22-11-10-21-16(23)12-13-4-2-3-5-13/h6-9,13H,2-5,10-12,20H2,1H3,(H,21,23)(H,22,24). The summed E-state index contributed by atoms with van der Waals surface area (Å²) in [7, 11) is 0. The minimum absolute atomic E-state index is 0.0690. The van der Waals surface area contributed by atoms with Gasteiger partial charge in [-0.15, -0.1) is 0 Å². The average Bonchev–Trinajstić information content (AvgIpc) is 3.04. The summed E-state index contributed by atoms with van der Waals surface area (Å²) >= 11 is 3.36. The van der Waals surface area contributed by atoms with Crippen molar-refractivity contribution in [1.82, 2.24) is 10.6 Å². The second-order valence-corrected chi connectivity index (χ2v) is 7.59. The Balaban J connectivity index is 1.71. The molecule has 0 aliphatic heterocycles. The van der Waals surface area contributed by atoms with Gasteiger partial charge in [-0.2, -0.15) is 0 Å². The lowest BCUT2D eigenvalue weighted by molar-refractivity contribution is -0.126. The molecule has 1 aliphatic rings. The molecule has 1 aromatic rings. The molecule has 24 heavy (non-hydrogen) atoms. The third-order valence-electron chi connectivity index (χ3n) is 4.60. The molecule has 1 atom stereocenters. The number of hydrogen-bond acceptors (Lipinski definition) is 3. The van der Waals surface area contributed by atoms with Crippen LogP contribution in [0.3, 0.4) is 0 Å². The highest BCUT2D eigenvalue weighted by Gasteiger charge is 2.30. The maximum atomic E-state index is 12.3. The van der Waals surface area contributed by atoms with Crippen LogP contribution in [-0.2, 0) is 15.1 Å². The van der Waals surface area contributed by atoms with Gasteiger partial charge < -0.3 is 16.4 Å². The van der Waals surface area contributed by atoms with E-state index in [1.54, 1.807) is 6.92 Å². The molecule has 1 unspecified atom stereocenters. The molecule has 5 nitrogen and oxygen atoms in total. The number of carbonyl (C=O) groups is 2. The van der Waals surface area contributed by atoms with Crippen LogP contribution in [0.15, 0.2) is 28.7 Å². The number of halogens is 1. The fraction of sp³-hybridized carbons (Fsp3) is 0.556. The first kappa shape index (κ1) is 18.9. The smallest absolute Gasteiger partial charge is 0.244 e. The van der Waals surface area contributed by atoms with E-state index >= 15 is 0 Å². The molecule has 1 aliphatic carbocycles. The van der Waals surface area contributed by atoms with Crippen molar-refractivity contribution in [2.75, 3.05) is 13.1 Å². The molecule has 0 saturated heterocycles. The van der Waals surface area contributed by atoms with Crippen molar-refractivity contribution < 1.29 is 9.59 Å². The predicted octanol–water partition coefficient (Wildman–Crippen LogP) is 2.44. The molecule has 1 saturated carbocycles. The largest absolute Gasteiger partial charge is 0.354 e.